The van der Waals surface area contributed by atoms with Gasteiger partial charge in [0.1, 0.15) is 5.75 Å². The normalized spacial score (nSPS) is 18.1. The van der Waals surface area contributed by atoms with Crippen LogP contribution in [0.25, 0.3) is 0 Å². The Balaban J connectivity index is 1.92. The Labute approximate surface area is 114 Å². The summed E-state index contributed by atoms with van der Waals surface area (Å²) >= 11 is 6.12. The van der Waals surface area contributed by atoms with Crippen molar-refractivity contribution >= 4 is 11.6 Å². The molecule has 0 saturated carbocycles. The second kappa shape index (κ2) is 6.41. The van der Waals surface area contributed by atoms with Crippen molar-refractivity contribution < 1.29 is 5.11 Å². The molecule has 0 radical (unpaired) electrons. The first-order chi connectivity index (χ1) is 8.70. The number of aromatic hydroxyl groups is 1. The van der Waals surface area contributed by atoms with Crippen molar-refractivity contribution in [1.82, 2.24) is 4.90 Å². The maximum absolute atomic E-state index is 9.83. The van der Waals surface area contributed by atoms with E-state index in [-0.39, 0.29) is 0 Å². The van der Waals surface area contributed by atoms with Gasteiger partial charge in [0.05, 0.1) is 0 Å². The SMILES string of the molecule is NCCC1CCN(Cc2c(O)cccc2Cl)CC1. The van der Waals surface area contributed by atoms with Crippen LogP contribution in [0.2, 0.25) is 5.02 Å². The molecule has 0 unspecified atom stereocenters. The van der Waals surface area contributed by atoms with E-state index < -0.39 is 0 Å². The number of phenolic OH excluding ortho intramolecular Hbond substituents is 1. The topological polar surface area (TPSA) is 49.5 Å². The van der Waals surface area contributed by atoms with Crippen LogP contribution < -0.4 is 5.73 Å². The lowest BCUT2D eigenvalue weighted by atomic mass is 9.93. The lowest BCUT2D eigenvalue weighted by Crippen LogP contribution is -2.33. The van der Waals surface area contributed by atoms with Crippen LogP contribution in [0.1, 0.15) is 24.8 Å². The fourth-order valence-electron chi connectivity index (χ4n) is 2.60. The van der Waals surface area contributed by atoms with Gasteiger partial charge < -0.3 is 10.8 Å². The highest BCUT2D eigenvalue weighted by molar-refractivity contribution is 6.31. The largest absolute Gasteiger partial charge is 0.508 e. The lowest BCUT2D eigenvalue weighted by molar-refractivity contribution is 0.172. The molecule has 0 bridgehead atoms. The molecule has 1 aliphatic rings. The van der Waals surface area contributed by atoms with Gasteiger partial charge in [0.2, 0.25) is 0 Å². The molecule has 18 heavy (non-hydrogen) atoms. The zero-order valence-electron chi connectivity index (χ0n) is 10.6. The fraction of sp³-hybridized carbons (Fsp3) is 0.571. The molecule has 0 atom stereocenters. The Morgan fingerprint density at radius 2 is 2.06 bits per heavy atom. The minimum atomic E-state index is 0.298. The molecule has 0 aliphatic carbocycles. The Bertz CT molecular complexity index is 369. The summed E-state index contributed by atoms with van der Waals surface area (Å²) in [6.07, 6.45) is 3.52. The highest BCUT2D eigenvalue weighted by Crippen LogP contribution is 2.28. The van der Waals surface area contributed by atoms with E-state index in [0.29, 0.717) is 10.8 Å². The quantitative estimate of drug-likeness (QED) is 0.883. The average molecular weight is 269 g/mol. The Hall–Kier alpha value is -0.770. The zero-order chi connectivity index (χ0) is 13.0. The summed E-state index contributed by atoms with van der Waals surface area (Å²) in [7, 11) is 0. The molecular weight excluding hydrogens is 248 g/mol. The van der Waals surface area contributed by atoms with E-state index in [9.17, 15) is 5.11 Å². The molecule has 0 spiro atoms. The summed E-state index contributed by atoms with van der Waals surface area (Å²) in [5.41, 5.74) is 6.44. The van der Waals surface area contributed by atoms with Gasteiger partial charge in [-0.1, -0.05) is 17.7 Å². The van der Waals surface area contributed by atoms with Gasteiger partial charge in [-0.2, -0.15) is 0 Å². The van der Waals surface area contributed by atoms with Crippen LogP contribution in [-0.4, -0.2) is 29.6 Å². The first kappa shape index (κ1) is 13.7. The van der Waals surface area contributed by atoms with Crippen molar-refractivity contribution in [2.45, 2.75) is 25.8 Å². The number of piperidine rings is 1. The number of likely N-dealkylation sites (tertiary alicyclic amines) is 1. The van der Waals surface area contributed by atoms with E-state index in [1.807, 2.05) is 6.07 Å². The van der Waals surface area contributed by atoms with Gasteiger partial charge in [0.15, 0.2) is 0 Å². The van der Waals surface area contributed by atoms with Crippen LogP contribution in [0.5, 0.6) is 5.75 Å². The molecule has 1 aromatic rings. The first-order valence-electron chi connectivity index (χ1n) is 6.59. The number of nitrogens with zero attached hydrogens (tertiary/aromatic N) is 1. The number of hydrogen-bond acceptors (Lipinski definition) is 3. The Morgan fingerprint density at radius 1 is 1.33 bits per heavy atom. The smallest absolute Gasteiger partial charge is 0.121 e. The van der Waals surface area contributed by atoms with Gasteiger partial charge in [-0.05, 0) is 56.9 Å². The van der Waals surface area contributed by atoms with E-state index in [4.69, 9.17) is 17.3 Å². The number of rotatable bonds is 4. The van der Waals surface area contributed by atoms with Crippen molar-refractivity contribution in [2.24, 2.45) is 11.7 Å². The number of hydrogen-bond donors (Lipinski definition) is 2. The molecule has 0 amide bonds. The van der Waals surface area contributed by atoms with Gasteiger partial charge in [0.25, 0.3) is 0 Å². The monoisotopic (exact) mass is 268 g/mol. The standard InChI is InChI=1S/C14H21ClN2O/c15-13-2-1-3-14(18)12(13)10-17-8-5-11(4-7-16)6-9-17/h1-3,11,18H,4-10,16H2. The second-order valence-electron chi connectivity index (χ2n) is 5.03. The summed E-state index contributed by atoms with van der Waals surface area (Å²) in [5, 5.41) is 10.5. The molecule has 3 N–H and O–H groups in total. The van der Waals surface area contributed by atoms with Gasteiger partial charge in [-0.25, -0.2) is 0 Å². The lowest BCUT2D eigenvalue weighted by Gasteiger charge is -2.32. The van der Waals surface area contributed by atoms with Crippen molar-refractivity contribution in [1.29, 1.82) is 0 Å². The minimum Gasteiger partial charge on any atom is -0.508 e. The number of halogens is 1. The maximum atomic E-state index is 9.83. The highest BCUT2D eigenvalue weighted by atomic mass is 35.5. The molecule has 0 aromatic heterocycles. The molecule has 3 nitrogen and oxygen atoms in total. The molecule has 1 saturated heterocycles. The van der Waals surface area contributed by atoms with E-state index in [1.165, 1.54) is 12.8 Å². The number of phenols is 1. The van der Waals surface area contributed by atoms with Crippen LogP contribution in [0.3, 0.4) is 0 Å². The molecule has 1 aromatic carbocycles. The molecule has 2 rings (SSSR count). The maximum Gasteiger partial charge on any atom is 0.121 e. The van der Waals surface area contributed by atoms with Crippen LogP contribution in [-0.2, 0) is 6.54 Å². The second-order valence-corrected chi connectivity index (χ2v) is 5.44. The van der Waals surface area contributed by atoms with Crippen LogP contribution in [0.4, 0.5) is 0 Å². The fourth-order valence-corrected chi connectivity index (χ4v) is 2.83. The van der Waals surface area contributed by atoms with Crippen molar-refractivity contribution in [3.63, 3.8) is 0 Å². The highest BCUT2D eigenvalue weighted by Gasteiger charge is 2.20. The van der Waals surface area contributed by atoms with E-state index in [2.05, 4.69) is 4.90 Å². The number of benzene rings is 1. The van der Waals surface area contributed by atoms with Crippen LogP contribution in [0, 0.1) is 5.92 Å². The van der Waals surface area contributed by atoms with Crippen molar-refractivity contribution in [2.75, 3.05) is 19.6 Å². The van der Waals surface area contributed by atoms with Crippen LogP contribution in [0.15, 0.2) is 18.2 Å². The Morgan fingerprint density at radius 3 is 2.67 bits per heavy atom. The molecular formula is C14H21ClN2O. The Kier molecular flexibility index (Phi) is 4.87. The minimum absolute atomic E-state index is 0.298. The van der Waals surface area contributed by atoms with Gasteiger partial charge in [0, 0.05) is 17.1 Å². The first-order valence-corrected chi connectivity index (χ1v) is 6.97. The summed E-state index contributed by atoms with van der Waals surface area (Å²) in [6, 6.07) is 5.30. The molecule has 1 fully saturated rings. The van der Waals surface area contributed by atoms with Crippen molar-refractivity contribution in [3.8, 4) is 5.75 Å². The van der Waals surface area contributed by atoms with Crippen molar-refractivity contribution in [3.05, 3.63) is 28.8 Å². The average Bonchev–Trinajstić information content (AvgIpc) is 2.36. The third-order valence-electron chi connectivity index (χ3n) is 3.76. The summed E-state index contributed by atoms with van der Waals surface area (Å²) in [6.45, 7) is 3.65. The predicted molar refractivity (Wildman–Crippen MR) is 74.8 cm³/mol. The molecule has 1 heterocycles. The zero-order valence-corrected chi connectivity index (χ0v) is 11.4. The molecule has 100 valence electrons. The van der Waals surface area contributed by atoms with Gasteiger partial charge in [-0.3, -0.25) is 4.90 Å². The summed E-state index contributed by atoms with van der Waals surface area (Å²) < 4.78 is 0. The summed E-state index contributed by atoms with van der Waals surface area (Å²) in [4.78, 5) is 2.36. The number of nitrogens with two attached hydrogens (primary N) is 1. The third-order valence-corrected chi connectivity index (χ3v) is 4.11. The van der Waals surface area contributed by atoms with Crippen LogP contribution >= 0.6 is 11.6 Å². The predicted octanol–water partition coefficient (Wildman–Crippen LogP) is 2.61. The van der Waals surface area contributed by atoms with E-state index in [1.54, 1.807) is 12.1 Å². The van der Waals surface area contributed by atoms with E-state index in [0.717, 1.165) is 44.1 Å². The third kappa shape index (κ3) is 3.37. The van der Waals surface area contributed by atoms with E-state index >= 15 is 0 Å². The van der Waals surface area contributed by atoms with Gasteiger partial charge in [-0.15, -0.1) is 0 Å². The molecule has 1 aliphatic heterocycles. The molecule has 4 heteroatoms. The summed E-state index contributed by atoms with van der Waals surface area (Å²) in [5.74, 6) is 1.07. The van der Waals surface area contributed by atoms with Gasteiger partial charge >= 0.3 is 0 Å².